The van der Waals surface area contributed by atoms with E-state index in [9.17, 15) is 18.0 Å². The van der Waals surface area contributed by atoms with Crippen LogP contribution in [0.5, 0.6) is 0 Å². The van der Waals surface area contributed by atoms with Crippen LogP contribution in [0, 0.1) is 5.92 Å². The summed E-state index contributed by atoms with van der Waals surface area (Å²) in [5, 5.41) is 7.79. The maximum absolute atomic E-state index is 12.6. The number of nitrogens with one attached hydrogen (secondary N) is 1. The Morgan fingerprint density at radius 2 is 1.97 bits per heavy atom. The zero-order chi connectivity index (χ0) is 22.0. The molecule has 1 amide bonds. The topological polar surface area (TPSA) is 75.9 Å². The maximum Gasteiger partial charge on any atom is 0.390 e. The summed E-state index contributed by atoms with van der Waals surface area (Å²) in [7, 11) is 1.85. The summed E-state index contributed by atoms with van der Waals surface area (Å²) >= 11 is 0. The summed E-state index contributed by atoms with van der Waals surface area (Å²) in [5.74, 6) is -0.235. The van der Waals surface area contributed by atoms with E-state index < -0.39 is 12.6 Å². The van der Waals surface area contributed by atoms with Crippen LogP contribution in [-0.2, 0) is 11.8 Å². The molecule has 0 atom stereocenters. The summed E-state index contributed by atoms with van der Waals surface area (Å²) in [6, 6.07) is 5.80. The molecule has 0 saturated carbocycles. The zero-order valence-corrected chi connectivity index (χ0v) is 17.1. The number of halogens is 3. The van der Waals surface area contributed by atoms with E-state index in [1.165, 1.54) is 0 Å². The van der Waals surface area contributed by atoms with Crippen LogP contribution in [0.1, 0.15) is 19.3 Å². The second-order valence-corrected chi connectivity index (χ2v) is 7.84. The molecule has 0 unspecified atom stereocenters. The standard InChI is InChI=1S/C21H23F3N6O/c1-29-13-17(12-26-29)15-2-3-16-11-25-20(27-18(16)10-15)28-19(31)14-4-7-30(8-5-14)9-6-21(22,23)24/h2-3,10-14H,4-9H2,1H3,(H,25,27,28,31). The fraction of sp³-hybridized carbons (Fsp3) is 0.429. The highest BCUT2D eigenvalue weighted by Gasteiger charge is 2.30. The van der Waals surface area contributed by atoms with Crippen LogP contribution < -0.4 is 5.32 Å². The van der Waals surface area contributed by atoms with Crippen LogP contribution in [0.25, 0.3) is 22.0 Å². The van der Waals surface area contributed by atoms with E-state index >= 15 is 0 Å². The Bertz CT molecular complexity index is 1070. The lowest BCUT2D eigenvalue weighted by atomic mass is 9.96. The zero-order valence-electron chi connectivity index (χ0n) is 17.1. The molecular formula is C21H23F3N6O. The first-order valence-electron chi connectivity index (χ1n) is 10.1. The quantitative estimate of drug-likeness (QED) is 0.666. The Labute approximate surface area is 177 Å². The van der Waals surface area contributed by atoms with Crippen molar-refractivity contribution in [1.29, 1.82) is 0 Å². The molecule has 1 N–H and O–H groups in total. The fourth-order valence-electron chi connectivity index (χ4n) is 3.75. The lowest BCUT2D eigenvalue weighted by molar-refractivity contribution is -0.139. The van der Waals surface area contributed by atoms with Gasteiger partial charge in [-0.15, -0.1) is 0 Å². The Morgan fingerprint density at radius 3 is 2.65 bits per heavy atom. The van der Waals surface area contributed by atoms with Crippen LogP contribution in [0.4, 0.5) is 19.1 Å². The number of nitrogens with zero attached hydrogens (tertiary/aromatic N) is 5. The third-order valence-electron chi connectivity index (χ3n) is 5.53. The number of fused-ring (bicyclic) bond motifs is 1. The molecular weight excluding hydrogens is 409 g/mol. The molecule has 1 aliphatic heterocycles. The van der Waals surface area contributed by atoms with Crippen molar-refractivity contribution in [3.63, 3.8) is 0 Å². The van der Waals surface area contributed by atoms with Gasteiger partial charge in [0, 0.05) is 42.9 Å². The smallest absolute Gasteiger partial charge is 0.303 e. The number of likely N-dealkylation sites (tertiary alicyclic amines) is 1. The van der Waals surface area contributed by atoms with Gasteiger partial charge in [-0.25, -0.2) is 9.97 Å². The third-order valence-corrected chi connectivity index (χ3v) is 5.53. The molecule has 2 aromatic heterocycles. The number of carbonyl (C=O) groups is 1. The van der Waals surface area contributed by atoms with E-state index in [0.29, 0.717) is 31.4 Å². The Balaban J connectivity index is 1.38. The van der Waals surface area contributed by atoms with E-state index in [1.807, 2.05) is 31.4 Å². The van der Waals surface area contributed by atoms with Gasteiger partial charge in [0.1, 0.15) is 0 Å². The first-order valence-corrected chi connectivity index (χ1v) is 10.1. The minimum atomic E-state index is -4.15. The van der Waals surface area contributed by atoms with E-state index in [0.717, 1.165) is 16.5 Å². The lowest BCUT2D eigenvalue weighted by Crippen LogP contribution is -2.39. The number of hydrogen-bond donors (Lipinski definition) is 1. The van der Waals surface area contributed by atoms with Crippen molar-refractivity contribution in [2.75, 3.05) is 25.0 Å². The second kappa shape index (κ2) is 8.62. The van der Waals surface area contributed by atoms with Crippen LogP contribution in [-0.4, -0.2) is 56.4 Å². The Morgan fingerprint density at radius 1 is 1.19 bits per heavy atom. The first kappa shape index (κ1) is 21.2. The highest BCUT2D eigenvalue weighted by atomic mass is 19.4. The largest absolute Gasteiger partial charge is 0.390 e. The van der Waals surface area contributed by atoms with Crippen LogP contribution in [0.2, 0.25) is 0 Å². The van der Waals surface area contributed by atoms with E-state index in [-0.39, 0.29) is 24.3 Å². The molecule has 1 fully saturated rings. The van der Waals surface area contributed by atoms with Gasteiger partial charge < -0.3 is 4.90 Å². The minimum absolute atomic E-state index is 0.0229. The Hall–Kier alpha value is -3.01. The van der Waals surface area contributed by atoms with E-state index in [2.05, 4.69) is 20.4 Å². The molecule has 31 heavy (non-hydrogen) atoms. The third kappa shape index (κ3) is 5.38. The molecule has 1 saturated heterocycles. The number of alkyl halides is 3. The van der Waals surface area contributed by atoms with Gasteiger partial charge in [-0.05, 0) is 37.6 Å². The molecule has 3 heterocycles. The van der Waals surface area contributed by atoms with Crippen LogP contribution in [0.3, 0.4) is 0 Å². The molecule has 7 nitrogen and oxygen atoms in total. The van der Waals surface area contributed by atoms with Crippen molar-refractivity contribution >= 4 is 22.8 Å². The summed E-state index contributed by atoms with van der Waals surface area (Å²) in [5.41, 5.74) is 2.63. The molecule has 164 valence electrons. The van der Waals surface area contributed by atoms with Gasteiger partial charge in [-0.3, -0.25) is 14.8 Å². The van der Waals surface area contributed by atoms with Gasteiger partial charge in [0.2, 0.25) is 11.9 Å². The normalized spacial score (nSPS) is 16.0. The number of amides is 1. The van der Waals surface area contributed by atoms with E-state index in [4.69, 9.17) is 0 Å². The molecule has 3 aromatic rings. The number of aryl methyl sites for hydroxylation is 1. The number of carbonyl (C=O) groups excluding carboxylic acids is 1. The van der Waals surface area contributed by atoms with Crippen molar-refractivity contribution < 1.29 is 18.0 Å². The summed E-state index contributed by atoms with van der Waals surface area (Å²) < 4.78 is 38.9. The highest BCUT2D eigenvalue weighted by molar-refractivity contribution is 5.92. The average molecular weight is 432 g/mol. The maximum atomic E-state index is 12.6. The van der Waals surface area contributed by atoms with Gasteiger partial charge >= 0.3 is 6.18 Å². The summed E-state index contributed by atoms with van der Waals surface area (Å²) in [6.07, 6.45) is 1.39. The molecule has 0 spiro atoms. The number of hydrogen-bond acceptors (Lipinski definition) is 5. The highest BCUT2D eigenvalue weighted by Crippen LogP contribution is 2.25. The van der Waals surface area contributed by atoms with Crippen molar-refractivity contribution in [1.82, 2.24) is 24.6 Å². The number of piperidine rings is 1. The summed E-state index contributed by atoms with van der Waals surface area (Å²) in [6.45, 7) is 0.924. The average Bonchev–Trinajstić information content (AvgIpc) is 3.18. The molecule has 0 bridgehead atoms. The molecule has 0 radical (unpaired) electrons. The number of benzene rings is 1. The van der Waals surface area contributed by atoms with Gasteiger partial charge in [0.25, 0.3) is 0 Å². The lowest BCUT2D eigenvalue weighted by Gasteiger charge is -2.31. The molecule has 4 rings (SSSR count). The van der Waals surface area contributed by atoms with Crippen LogP contribution >= 0.6 is 0 Å². The molecule has 0 aliphatic carbocycles. The molecule has 10 heteroatoms. The number of anilines is 1. The van der Waals surface area contributed by atoms with Gasteiger partial charge in [-0.1, -0.05) is 12.1 Å². The SMILES string of the molecule is Cn1cc(-c2ccc3cnc(NC(=O)C4CCN(CCC(F)(F)F)CC4)nc3c2)cn1. The number of rotatable bonds is 5. The number of aromatic nitrogens is 4. The Kier molecular flexibility index (Phi) is 5.90. The van der Waals surface area contributed by atoms with Crippen molar-refractivity contribution in [3.05, 3.63) is 36.8 Å². The van der Waals surface area contributed by atoms with Gasteiger partial charge in [0.05, 0.1) is 18.1 Å². The molecule has 1 aliphatic rings. The minimum Gasteiger partial charge on any atom is -0.303 e. The second-order valence-electron chi connectivity index (χ2n) is 7.84. The summed E-state index contributed by atoms with van der Waals surface area (Å²) in [4.78, 5) is 23.1. The van der Waals surface area contributed by atoms with Crippen LogP contribution in [0.15, 0.2) is 36.8 Å². The van der Waals surface area contributed by atoms with Crippen molar-refractivity contribution in [2.45, 2.75) is 25.4 Å². The van der Waals surface area contributed by atoms with Crippen molar-refractivity contribution in [3.8, 4) is 11.1 Å². The van der Waals surface area contributed by atoms with Crippen molar-refractivity contribution in [2.24, 2.45) is 13.0 Å². The van der Waals surface area contributed by atoms with Gasteiger partial charge in [-0.2, -0.15) is 18.3 Å². The van der Waals surface area contributed by atoms with Gasteiger partial charge in [0.15, 0.2) is 0 Å². The molecule has 1 aromatic carbocycles. The first-order chi connectivity index (χ1) is 14.8. The van der Waals surface area contributed by atoms with E-state index in [1.54, 1.807) is 22.0 Å². The predicted molar refractivity (Wildman–Crippen MR) is 110 cm³/mol. The predicted octanol–water partition coefficient (Wildman–Crippen LogP) is 3.63. The monoisotopic (exact) mass is 432 g/mol. The fourth-order valence-corrected chi connectivity index (χ4v) is 3.75.